The Morgan fingerprint density at radius 1 is 1.34 bits per heavy atom. The summed E-state index contributed by atoms with van der Waals surface area (Å²) in [6, 6.07) is 1.97. The second kappa shape index (κ2) is 9.01. The first-order chi connectivity index (χ1) is 13.9. The third-order valence-corrected chi connectivity index (χ3v) is 5.32. The number of aromatic nitrogens is 1. The number of guanidine groups is 1. The van der Waals surface area contributed by atoms with Crippen molar-refractivity contribution in [1.82, 2.24) is 15.4 Å². The Labute approximate surface area is 171 Å². The lowest BCUT2D eigenvalue weighted by molar-refractivity contribution is -0.192. The van der Waals surface area contributed by atoms with Crippen molar-refractivity contribution < 1.29 is 19.2 Å². The van der Waals surface area contributed by atoms with Crippen LogP contribution in [0.1, 0.15) is 29.7 Å². The van der Waals surface area contributed by atoms with Gasteiger partial charge in [-0.05, 0) is 17.7 Å². The van der Waals surface area contributed by atoms with Crippen LogP contribution in [0.5, 0.6) is 0 Å². The topological polar surface area (TPSA) is 138 Å². The van der Waals surface area contributed by atoms with Gasteiger partial charge in [-0.25, -0.2) is 0 Å². The van der Waals surface area contributed by atoms with Crippen LogP contribution in [0.2, 0.25) is 0 Å². The molecule has 2 amide bonds. The number of carbonyl (C=O) groups excluding carboxylic acids is 3. The van der Waals surface area contributed by atoms with Crippen LogP contribution in [0.4, 0.5) is 0 Å². The van der Waals surface area contributed by atoms with Crippen molar-refractivity contribution in [3.63, 3.8) is 0 Å². The fraction of sp³-hybridized carbons (Fsp3) is 0.316. The molecule has 0 saturated carbocycles. The summed E-state index contributed by atoms with van der Waals surface area (Å²) in [5.41, 5.74) is 6.67. The minimum Gasteiger partial charge on any atom is -0.370 e. The van der Waals surface area contributed by atoms with Gasteiger partial charge >= 0.3 is 0 Å². The van der Waals surface area contributed by atoms with E-state index in [1.54, 1.807) is 42.3 Å². The van der Waals surface area contributed by atoms with Crippen LogP contribution in [0.25, 0.3) is 12.2 Å². The van der Waals surface area contributed by atoms with E-state index in [-0.39, 0.29) is 25.4 Å². The smallest absolute Gasteiger partial charge is 0.253 e. The monoisotopic (exact) mass is 415 g/mol. The molecular weight excluding hydrogens is 394 g/mol. The molecular formula is C19H21N5O4S. The molecule has 3 rings (SSSR count). The lowest BCUT2D eigenvalue weighted by atomic mass is 9.90. The summed E-state index contributed by atoms with van der Waals surface area (Å²) < 4.78 is 0. The number of nitrogens with two attached hydrogens (primary N) is 1. The predicted octanol–water partition coefficient (Wildman–Crippen LogP) is 1.06. The predicted molar refractivity (Wildman–Crippen MR) is 109 cm³/mol. The van der Waals surface area contributed by atoms with Crippen LogP contribution < -0.4 is 11.1 Å². The molecule has 1 aliphatic heterocycles. The molecule has 0 radical (unpaired) electrons. The van der Waals surface area contributed by atoms with Crippen molar-refractivity contribution >= 4 is 48.0 Å². The highest BCUT2D eigenvalue weighted by atomic mass is 32.2. The quantitative estimate of drug-likeness (QED) is 0.143. The van der Waals surface area contributed by atoms with E-state index in [0.29, 0.717) is 17.3 Å². The van der Waals surface area contributed by atoms with E-state index >= 15 is 0 Å². The van der Waals surface area contributed by atoms with Crippen molar-refractivity contribution in [3.8, 4) is 0 Å². The number of fused-ring (bicyclic) bond motifs is 1. The number of hydroxylamine groups is 2. The van der Waals surface area contributed by atoms with Crippen molar-refractivity contribution in [3.05, 3.63) is 41.2 Å². The minimum atomic E-state index is -1.11. The lowest BCUT2D eigenvalue weighted by Gasteiger charge is -2.22. The third kappa shape index (κ3) is 5.09. The number of hydrogen-bond donors (Lipinski definition) is 3. The lowest BCUT2D eigenvalue weighted by Crippen LogP contribution is -2.35. The first kappa shape index (κ1) is 20.7. The molecule has 1 saturated heterocycles. The van der Waals surface area contributed by atoms with Crippen LogP contribution in [-0.4, -0.2) is 46.6 Å². The van der Waals surface area contributed by atoms with Crippen LogP contribution in [0.15, 0.2) is 24.4 Å². The van der Waals surface area contributed by atoms with Gasteiger partial charge in [-0.3, -0.25) is 24.8 Å². The maximum atomic E-state index is 11.8. The highest BCUT2D eigenvalue weighted by Crippen LogP contribution is 2.29. The number of carbonyl (C=O) groups is 3. The third-order valence-electron chi connectivity index (χ3n) is 4.43. The van der Waals surface area contributed by atoms with Crippen LogP contribution in [0, 0.1) is 10.8 Å². The molecule has 152 valence electrons. The number of amides is 2. The molecule has 1 aliphatic carbocycles. The molecule has 1 atom stereocenters. The van der Waals surface area contributed by atoms with E-state index < -0.39 is 17.2 Å². The normalized spacial score (nSPS) is 20.5. The van der Waals surface area contributed by atoms with Crippen LogP contribution in [-0.2, 0) is 25.0 Å². The van der Waals surface area contributed by atoms with Gasteiger partial charge in [0.05, 0.1) is 23.6 Å². The van der Waals surface area contributed by atoms with E-state index in [0.717, 1.165) is 22.5 Å². The minimum absolute atomic E-state index is 0.0737. The van der Waals surface area contributed by atoms with Gasteiger partial charge in [0.2, 0.25) is 0 Å². The van der Waals surface area contributed by atoms with Gasteiger partial charge in [0.1, 0.15) is 6.29 Å². The molecule has 4 N–H and O–H groups in total. The highest BCUT2D eigenvalue weighted by Gasteiger charge is 2.34. The van der Waals surface area contributed by atoms with Crippen molar-refractivity contribution in [2.45, 2.75) is 18.6 Å². The molecule has 1 aromatic rings. The van der Waals surface area contributed by atoms with Gasteiger partial charge in [0.15, 0.2) is 5.96 Å². The van der Waals surface area contributed by atoms with E-state index in [9.17, 15) is 14.4 Å². The van der Waals surface area contributed by atoms with Crippen molar-refractivity contribution in [2.24, 2.45) is 11.1 Å². The summed E-state index contributed by atoms with van der Waals surface area (Å²) in [5.74, 6) is 0.323. The molecule has 10 heteroatoms. The number of nitrogens with one attached hydrogen (secondary N) is 2. The fourth-order valence-corrected chi connectivity index (χ4v) is 3.56. The number of imide groups is 1. The van der Waals surface area contributed by atoms with Gasteiger partial charge in [-0.1, -0.05) is 18.2 Å². The molecule has 1 fully saturated rings. The molecule has 0 bridgehead atoms. The standard InChI is InChI=1S/C19H21N5O4S/c20-18(21)23-12-29-9-13-7-14-3-5-19(10-25,6-4-15(14)22-8-13)11-28-24-16(26)1-2-17(24)27/h3-8,10H,1-2,9,11-12H2,(H4,20,21,23). The fourth-order valence-electron chi connectivity index (χ4n) is 2.81. The zero-order valence-corrected chi connectivity index (χ0v) is 16.4. The molecule has 9 nitrogen and oxygen atoms in total. The highest BCUT2D eigenvalue weighted by molar-refractivity contribution is 7.98. The Balaban J connectivity index is 1.69. The molecule has 0 spiro atoms. The maximum absolute atomic E-state index is 11.8. The van der Waals surface area contributed by atoms with Gasteiger partial charge in [0.25, 0.3) is 11.8 Å². The van der Waals surface area contributed by atoms with E-state index in [1.807, 2.05) is 6.07 Å². The Bertz CT molecular complexity index is 885. The number of thioether (sulfide) groups is 1. The van der Waals surface area contributed by atoms with Gasteiger partial charge in [-0.15, -0.1) is 11.8 Å². The Morgan fingerprint density at radius 2 is 2.07 bits per heavy atom. The number of hydrogen-bond acceptors (Lipinski definition) is 7. The van der Waals surface area contributed by atoms with Crippen molar-refractivity contribution in [1.29, 1.82) is 5.41 Å². The molecule has 1 aromatic heterocycles. The number of nitrogens with zero attached hydrogens (tertiary/aromatic N) is 2. The zero-order valence-electron chi connectivity index (χ0n) is 15.6. The van der Waals surface area contributed by atoms with Crippen LogP contribution >= 0.6 is 11.8 Å². The summed E-state index contributed by atoms with van der Waals surface area (Å²) in [6.45, 7) is -0.158. The number of pyridine rings is 1. The molecule has 0 aromatic carbocycles. The van der Waals surface area contributed by atoms with Crippen LogP contribution in [0.3, 0.4) is 0 Å². The van der Waals surface area contributed by atoms with Gasteiger partial charge in [0, 0.05) is 30.4 Å². The zero-order chi connectivity index (χ0) is 20.9. The summed E-state index contributed by atoms with van der Waals surface area (Å²) in [4.78, 5) is 45.0. The van der Waals surface area contributed by atoms with Gasteiger partial charge < -0.3 is 15.8 Å². The van der Waals surface area contributed by atoms with Crippen molar-refractivity contribution in [2.75, 3.05) is 12.5 Å². The van der Waals surface area contributed by atoms with Gasteiger partial charge in [-0.2, -0.15) is 5.06 Å². The first-order valence-electron chi connectivity index (χ1n) is 8.90. The van der Waals surface area contributed by atoms with E-state index in [1.165, 1.54) is 0 Å². The Hall–Kier alpha value is -2.98. The Kier molecular flexibility index (Phi) is 6.45. The average molecular weight is 415 g/mol. The molecule has 29 heavy (non-hydrogen) atoms. The largest absolute Gasteiger partial charge is 0.370 e. The second-order valence-corrected chi connectivity index (χ2v) is 7.64. The second-order valence-electron chi connectivity index (χ2n) is 6.65. The summed E-state index contributed by atoms with van der Waals surface area (Å²) in [5, 5.41) is 10.6. The maximum Gasteiger partial charge on any atom is 0.253 e. The summed E-state index contributed by atoms with van der Waals surface area (Å²) >= 11 is 1.56. The summed E-state index contributed by atoms with van der Waals surface area (Å²) in [6.07, 6.45) is 9.58. The SMILES string of the molecule is N=C(N)NCSCc1cnc2c(c1)C=CC(C=O)(CON1C(=O)CCC1=O)C=C2. The Morgan fingerprint density at radius 3 is 2.76 bits per heavy atom. The number of aldehydes is 1. The average Bonchev–Trinajstić information content (AvgIpc) is 2.92. The number of rotatable bonds is 8. The molecule has 1 unspecified atom stereocenters. The van der Waals surface area contributed by atoms with E-state index in [2.05, 4.69) is 10.3 Å². The van der Waals surface area contributed by atoms with E-state index in [4.69, 9.17) is 16.0 Å². The first-order valence-corrected chi connectivity index (χ1v) is 10.1. The molecule has 2 aliphatic rings. The summed E-state index contributed by atoms with van der Waals surface area (Å²) in [7, 11) is 0. The molecule has 2 heterocycles.